The van der Waals surface area contributed by atoms with Crippen molar-refractivity contribution in [2.75, 3.05) is 26.2 Å². The maximum Gasteiger partial charge on any atom is 0.274 e. The van der Waals surface area contributed by atoms with Gasteiger partial charge in [0.05, 0.1) is 12.7 Å². The number of amides is 4. The van der Waals surface area contributed by atoms with Gasteiger partial charge in [-0.1, -0.05) is 6.07 Å². The summed E-state index contributed by atoms with van der Waals surface area (Å²) in [6, 6.07) is 3.42. The second kappa shape index (κ2) is 9.72. The monoisotopic (exact) mass is 454 g/mol. The highest BCUT2D eigenvalue weighted by molar-refractivity contribution is 5.99. The molecule has 2 saturated heterocycles. The number of carbonyl (C=O) groups is 4. The minimum Gasteiger partial charge on any atom is -0.354 e. The van der Waals surface area contributed by atoms with Crippen molar-refractivity contribution in [2.24, 2.45) is 0 Å². The third kappa shape index (κ3) is 4.97. The van der Waals surface area contributed by atoms with Gasteiger partial charge in [0.1, 0.15) is 23.6 Å². The fraction of sp³-hybridized carbons (Fsp3) is 0.364. The van der Waals surface area contributed by atoms with Gasteiger partial charge in [0.2, 0.25) is 11.8 Å². The summed E-state index contributed by atoms with van der Waals surface area (Å²) in [6.45, 7) is 0.649. The van der Waals surface area contributed by atoms with Crippen molar-refractivity contribution in [1.82, 2.24) is 30.4 Å². The molecular formula is C22H23FN6O4. The van der Waals surface area contributed by atoms with Gasteiger partial charge in [-0.25, -0.2) is 9.37 Å². The minimum atomic E-state index is -1.06. The lowest BCUT2D eigenvalue weighted by Gasteiger charge is -2.41. The van der Waals surface area contributed by atoms with Gasteiger partial charge in [0.15, 0.2) is 0 Å². The first-order valence-electron chi connectivity index (χ1n) is 10.6. The Hall–Kier alpha value is -3.89. The SMILES string of the molecule is O=C1NCCC[C@@H]1NC(=O)[C@@H]1CN(C(=O)c2cnccn2)CCN1C(=O)c1cccc(F)c1. The molecule has 172 valence electrons. The molecule has 1 aromatic carbocycles. The fourth-order valence-corrected chi connectivity index (χ4v) is 3.97. The smallest absolute Gasteiger partial charge is 0.274 e. The predicted molar refractivity (Wildman–Crippen MR) is 113 cm³/mol. The van der Waals surface area contributed by atoms with E-state index in [1.54, 1.807) is 0 Å². The van der Waals surface area contributed by atoms with Gasteiger partial charge in [-0.2, -0.15) is 0 Å². The summed E-state index contributed by atoms with van der Waals surface area (Å²) >= 11 is 0. The molecule has 0 unspecified atom stereocenters. The van der Waals surface area contributed by atoms with Crippen molar-refractivity contribution in [2.45, 2.75) is 24.9 Å². The number of benzene rings is 1. The first kappa shape index (κ1) is 22.3. The summed E-state index contributed by atoms with van der Waals surface area (Å²) in [6.07, 6.45) is 5.35. The van der Waals surface area contributed by atoms with Gasteiger partial charge < -0.3 is 20.4 Å². The quantitative estimate of drug-likeness (QED) is 0.669. The van der Waals surface area contributed by atoms with Crippen molar-refractivity contribution in [3.8, 4) is 0 Å². The Morgan fingerprint density at radius 2 is 2.00 bits per heavy atom. The number of hydrogen-bond acceptors (Lipinski definition) is 6. The van der Waals surface area contributed by atoms with Crippen molar-refractivity contribution in [3.63, 3.8) is 0 Å². The van der Waals surface area contributed by atoms with E-state index < -0.39 is 35.6 Å². The van der Waals surface area contributed by atoms with E-state index in [4.69, 9.17) is 0 Å². The van der Waals surface area contributed by atoms with E-state index in [9.17, 15) is 23.6 Å². The van der Waals surface area contributed by atoms with Crippen LogP contribution in [0.4, 0.5) is 4.39 Å². The fourth-order valence-electron chi connectivity index (χ4n) is 3.97. The van der Waals surface area contributed by atoms with Crippen molar-refractivity contribution >= 4 is 23.6 Å². The van der Waals surface area contributed by atoms with E-state index in [1.165, 1.54) is 46.6 Å². The third-order valence-corrected chi connectivity index (χ3v) is 5.69. The number of nitrogens with zero attached hydrogens (tertiary/aromatic N) is 4. The zero-order chi connectivity index (χ0) is 23.4. The molecule has 4 rings (SSSR count). The van der Waals surface area contributed by atoms with Gasteiger partial charge >= 0.3 is 0 Å². The van der Waals surface area contributed by atoms with E-state index in [1.807, 2.05) is 0 Å². The van der Waals surface area contributed by atoms with Crippen LogP contribution < -0.4 is 10.6 Å². The predicted octanol–water partition coefficient (Wildman–Crippen LogP) is -0.0227. The number of piperidine rings is 1. The molecule has 4 amide bonds. The molecule has 11 heteroatoms. The average molecular weight is 454 g/mol. The minimum absolute atomic E-state index is 0.0519. The van der Waals surface area contributed by atoms with E-state index in [2.05, 4.69) is 20.6 Å². The summed E-state index contributed by atoms with van der Waals surface area (Å²) in [5.74, 6) is -2.37. The molecule has 0 bridgehead atoms. The normalized spacial score (nSPS) is 20.7. The van der Waals surface area contributed by atoms with E-state index in [0.717, 1.165) is 6.07 Å². The Balaban J connectivity index is 1.57. The van der Waals surface area contributed by atoms with Crippen LogP contribution in [0.3, 0.4) is 0 Å². The van der Waals surface area contributed by atoms with Crippen LogP contribution in [-0.2, 0) is 9.59 Å². The number of hydrogen-bond donors (Lipinski definition) is 2. The molecule has 3 heterocycles. The average Bonchev–Trinajstić information content (AvgIpc) is 2.84. The molecular weight excluding hydrogens is 431 g/mol. The maximum absolute atomic E-state index is 13.7. The Kier molecular flexibility index (Phi) is 6.57. The second-order valence-electron chi connectivity index (χ2n) is 7.86. The van der Waals surface area contributed by atoms with Gasteiger partial charge in [-0.3, -0.25) is 24.2 Å². The van der Waals surface area contributed by atoms with E-state index in [0.29, 0.717) is 19.4 Å². The highest BCUT2D eigenvalue weighted by Gasteiger charge is 2.39. The number of piperazine rings is 1. The molecule has 33 heavy (non-hydrogen) atoms. The topological polar surface area (TPSA) is 125 Å². The Morgan fingerprint density at radius 3 is 2.73 bits per heavy atom. The van der Waals surface area contributed by atoms with Crippen LogP contribution >= 0.6 is 0 Å². The van der Waals surface area contributed by atoms with Gasteiger partial charge in [-0.05, 0) is 31.0 Å². The molecule has 1 aromatic heterocycles. The van der Waals surface area contributed by atoms with E-state index >= 15 is 0 Å². The molecule has 0 aliphatic carbocycles. The molecule has 2 N–H and O–H groups in total. The molecule has 2 aliphatic rings. The molecule has 0 saturated carbocycles. The van der Waals surface area contributed by atoms with Crippen LogP contribution in [0.1, 0.15) is 33.7 Å². The van der Waals surface area contributed by atoms with Crippen molar-refractivity contribution < 1.29 is 23.6 Å². The zero-order valence-corrected chi connectivity index (χ0v) is 17.7. The van der Waals surface area contributed by atoms with Crippen LogP contribution in [0.5, 0.6) is 0 Å². The lowest BCUT2D eigenvalue weighted by molar-refractivity contribution is -0.133. The first-order chi connectivity index (χ1) is 15.9. The lowest BCUT2D eigenvalue weighted by atomic mass is 10.0. The summed E-state index contributed by atoms with van der Waals surface area (Å²) in [4.78, 5) is 62.0. The van der Waals surface area contributed by atoms with Crippen LogP contribution in [0.15, 0.2) is 42.9 Å². The number of carbonyl (C=O) groups excluding carboxylic acids is 4. The number of halogens is 1. The molecule has 2 fully saturated rings. The Morgan fingerprint density at radius 1 is 1.15 bits per heavy atom. The summed E-state index contributed by atoms with van der Waals surface area (Å²) in [5.41, 5.74) is 0.213. The zero-order valence-electron chi connectivity index (χ0n) is 17.7. The Bertz CT molecular complexity index is 1070. The number of aromatic nitrogens is 2. The molecule has 0 spiro atoms. The van der Waals surface area contributed by atoms with Gasteiger partial charge in [0.25, 0.3) is 11.8 Å². The first-order valence-corrected chi connectivity index (χ1v) is 10.6. The van der Waals surface area contributed by atoms with E-state index in [-0.39, 0.29) is 36.8 Å². The largest absolute Gasteiger partial charge is 0.354 e. The summed E-state index contributed by atoms with van der Waals surface area (Å²) in [7, 11) is 0. The highest BCUT2D eigenvalue weighted by atomic mass is 19.1. The van der Waals surface area contributed by atoms with Crippen LogP contribution in [0.25, 0.3) is 0 Å². The third-order valence-electron chi connectivity index (χ3n) is 5.69. The molecule has 2 aliphatic heterocycles. The van der Waals surface area contributed by atoms with Gasteiger partial charge in [0, 0.05) is 37.6 Å². The number of nitrogens with one attached hydrogen (secondary N) is 2. The highest BCUT2D eigenvalue weighted by Crippen LogP contribution is 2.18. The van der Waals surface area contributed by atoms with Crippen molar-refractivity contribution in [3.05, 3.63) is 59.9 Å². The molecule has 10 nitrogen and oxygen atoms in total. The molecule has 2 atom stereocenters. The van der Waals surface area contributed by atoms with Crippen LogP contribution in [-0.4, -0.2) is 81.7 Å². The van der Waals surface area contributed by atoms with Crippen LogP contribution in [0.2, 0.25) is 0 Å². The molecule has 0 radical (unpaired) electrons. The number of rotatable bonds is 4. The second-order valence-corrected chi connectivity index (χ2v) is 7.86. The lowest BCUT2D eigenvalue weighted by Crippen LogP contribution is -2.63. The van der Waals surface area contributed by atoms with Crippen molar-refractivity contribution in [1.29, 1.82) is 0 Å². The van der Waals surface area contributed by atoms with Crippen LogP contribution in [0, 0.1) is 5.82 Å². The Labute approximate surface area is 189 Å². The molecule has 2 aromatic rings. The summed E-state index contributed by atoms with van der Waals surface area (Å²) in [5, 5.41) is 5.40. The van der Waals surface area contributed by atoms with Gasteiger partial charge in [-0.15, -0.1) is 0 Å². The standard InChI is InChI=1S/C22H23FN6O4/c23-15-4-1-3-14(11-15)21(32)29-10-9-28(22(33)17-12-24-7-8-25-17)13-18(29)20(31)27-16-5-2-6-26-19(16)30/h1,3-4,7-8,11-12,16,18H,2,5-6,9-10,13H2,(H,26,30)(H,27,31)/t16-,18-/m0/s1. The maximum atomic E-state index is 13.7. The summed E-state index contributed by atoms with van der Waals surface area (Å²) < 4.78 is 13.7.